The lowest BCUT2D eigenvalue weighted by atomic mass is 10.00. The van der Waals surface area contributed by atoms with E-state index in [2.05, 4.69) is 45.0 Å². The highest BCUT2D eigenvalue weighted by Crippen LogP contribution is 2.35. The van der Waals surface area contributed by atoms with Crippen LogP contribution in [-0.4, -0.2) is 51.7 Å². The normalized spacial score (nSPS) is 15.0. The van der Waals surface area contributed by atoms with Crippen LogP contribution in [0.4, 0.5) is 23.7 Å². The van der Waals surface area contributed by atoms with E-state index in [1.54, 1.807) is 31.4 Å². The summed E-state index contributed by atoms with van der Waals surface area (Å²) in [6.07, 6.45) is -2.42. The van der Waals surface area contributed by atoms with Gasteiger partial charge < -0.3 is 19.7 Å². The number of halogens is 3. The molecule has 3 aromatic carbocycles. The lowest BCUT2D eigenvalue weighted by Crippen LogP contribution is -2.37. The first-order chi connectivity index (χ1) is 22.0. The number of aliphatic imine (C=N–C) groups is 1. The molecule has 0 spiro atoms. The van der Waals surface area contributed by atoms with Crippen LogP contribution < -0.4 is 19.7 Å². The van der Waals surface area contributed by atoms with Gasteiger partial charge in [0.15, 0.2) is 11.0 Å². The Hall–Kier alpha value is -5.03. The zero-order chi connectivity index (χ0) is 32.8. The van der Waals surface area contributed by atoms with Gasteiger partial charge in [-0.25, -0.2) is 14.5 Å². The van der Waals surface area contributed by atoms with E-state index >= 15 is 0 Å². The van der Waals surface area contributed by atoms with Crippen molar-refractivity contribution in [1.29, 1.82) is 5.26 Å². The van der Waals surface area contributed by atoms with Gasteiger partial charge in [-0.05, 0) is 53.8 Å². The highest BCUT2D eigenvalue weighted by molar-refractivity contribution is 8.14. The van der Waals surface area contributed by atoms with Gasteiger partial charge >= 0.3 is 12.4 Å². The molecule has 0 bridgehead atoms. The Labute approximate surface area is 267 Å². The fourth-order valence-electron chi connectivity index (χ4n) is 4.83. The fourth-order valence-corrected chi connectivity index (χ4v) is 5.77. The van der Waals surface area contributed by atoms with E-state index in [9.17, 15) is 23.2 Å². The molecule has 238 valence electrons. The molecular weight excluding hydrogens is 619 g/mol. The van der Waals surface area contributed by atoms with Crippen LogP contribution in [-0.2, 0) is 0 Å². The molecule has 2 amide bonds. The quantitative estimate of drug-likeness (QED) is 0.212. The number of carbonyl (C=O) groups excluding carboxylic acids is 1. The van der Waals surface area contributed by atoms with Crippen molar-refractivity contribution < 1.29 is 27.4 Å². The number of urea groups is 1. The number of methoxy groups -OCH3 is 1. The summed E-state index contributed by atoms with van der Waals surface area (Å²) < 4.78 is 48.1. The standard InChI is InChI=1S/C32H30F3N7O3S/c1-20(2)26-14-13-25(44-3)17-28(26)41-15-4-16-46-31(41)39-30(43)38-27(18-36)21-5-7-22(8-6-21)29-37-19-42(40-29)23-9-11-24(12-10-23)45-32(33,34)35/h5-14,17,19-20,27H,4,15-16H2,1-3H3,(H,38,43)/b39-31-. The largest absolute Gasteiger partial charge is 0.573 e. The van der Waals surface area contributed by atoms with Gasteiger partial charge in [0.05, 0.1) is 18.9 Å². The molecule has 1 N–H and O–H groups in total. The first kappa shape index (κ1) is 32.4. The number of anilines is 1. The Morgan fingerprint density at radius 2 is 1.80 bits per heavy atom. The van der Waals surface area contributed by atoms with Gasteiger partial charge in [-0.2, -0.15) is 10.3 Å². The van der Waals surface area contributed by atoms with Crippen molar-refractivity contribution in [3.8, 4) is 34.6 Å². The van der Waals surface area contributed by atoms with Crippen molar-refractivity contribution in [2.24, 2.45) is 4.99 Å². The third-order valence-corrected chi connectivity index (χ3v) is 8.12. The van der Waals surface area contributed by atoms with Crippen LogP contribution in [0.1, 0.15) is 43.4 Å². The molecule has 0 aliphatic carbocycles. The molecule has 4 aromatic rings. The number of nitrogens with zero attached hydrogens (tertiary/aromatic N) is 6. The highest BCUT2D eigenvalue weighted by Gasteiger charge is 2.31. The molecule has 5 rings (SSSR count). The van der Waals surface area contributed by atoms with Crippen molar-refractivity contribution in [2.75, 3.05) is 24.3 Å². The number of aromatic nitrogens is 3. The number of hydrogen-bond acceptors (Lipinski definition) is 7. The van der Waals surface area contributed by atoms with Crippen LogP contribution >= 0.6 is 11.8 Å². The molecule has 46 heavy (non-hydrogen) atoms. The van der Waals surface area contributed by atoms with Gasteiger partial charge in [0.2, 0.25) is 0 Å². The maximum atomic E-state index is 13.1. The summed E-state index contributed by atoms with van der Waals surface area (Å²) >= 11 is 1.49. The fraction of sp³-hybridized carbons (Fsp3) is 0.281. The molecule has 1 aromatic heterocycles. The molecule has 1 saturated heterocycles. The average molecular weight is 650 g/mol. The van der Waals surface area contributed by atoms with Crippen LogP contribution in [0.5, 0.6) is 11.5 Å². The molecule has 1 unspecified atom stereocenters. The summed E-state index contributed by atoms with van der Waals surface area (Å²) in [5.41, 5.74) is 3.71. The molecule has 1 fully saturated rings. The van der Waals surface area contributed by atoms with Gasteiger partial charge in [-0.1, -0.05) is 55.9 Å². The third kappa shape index (κ3) is 7.78. The van der Waals surface area contributed by atoms with Crippen molar-refractivity contribution in [2.45, 2.75) is 38.6 Å². The minimum atomic E-state index is -4.78. The van der Waals surface area contributed by atoms with Crippen LogP contribution in [0.3, 0.4) is 0 Å². The number of benzene rings is 3. The van der Waals surface area contributed by atoms with Gasteiger partial charge in [0, 0.05) is 29.6 Å². The number of hydrogen-bond donors (Lipinski definition) is 1. The number of amidine groups is 1. The minimum Gasteiger partial charge on any atom is -0.497 e. The maximum Gasteiger partial charge on any atom is 0.573 e. The van der Waals surface area contributed by atoms with Crippen molar-refractivity contribution >= 4 is 28.6 Å². The summed E-state index contributed by atoms with van der Waals surface area (Å²) in [5, 5.41) is 17.5. The van der Waals surface area contributed by atoms with E-state index in [-0.39, 0.29) is 11.7 Å². The summed E-state index contributed by atoms with van der Waals surface area (Å²) in [5.74, 6) is 1.78. The van der Waals surface area contributed by atoms with Gasteiger partial charge in [-0.3, -0.25) is 0 Å². The zero-order valence-corrected chi connectivity index (χ0v) is 26.0. The SMILES string of the molecule is COc1ccc(C(C)C)c(N2CCCS/C2=N\C(=O)NC(C#N)c2ccc(-c3ncn(-c4ccc(OC(F)(F)F)cc4)n3)cc2)c1. The summed E-state index contributed by atoms with van der Waals surface area (Å²) in [6, 6.07) is 18.5. The number of ether oxygens (including phenoxy) is 2. The maximum absolute atomic E-state index is 13.1. The second kappa shape index (κ2) is 13.9. The van der Waals surface area contributed by atoms with E-state index in [0.29, 0.717) is 40.1 Å². The number of amides is 2. The van der Waals surface area contributed by atoms with Crippen LogP contribution in [0.2, 0.25) is 0 Å². The number of thioether (sulfide) groups is 1. The van der Waals surface area contributed by atoms with E-state index in [1.807, 2.05) is 23.1 Å². The Morgan fingerprint density at radius 3 is 2.46 bits per heavy atom. The van der Waals surface area contributed by atoms with Crippen LogP contribution in [0.25, 0.3) is 17.1 Å². The zero-order valence-electron chi connectivity index (χ0n) is 25.2. The number of nitriles is 1. The Kier molecular flexibility index (Phi) is 9.81. The van der Waals surface area contributed by atoms with E-state index in [1.165, 1.54) is 47.0 Å². The van der Waals surface area contributed by atoms with Crippen LogP contribution in [0, 0.1) is 11.3 Å². The van der Waals surface area contributed by atoms with Gasteiger partial charge in [-0.15, -0.1) is 18.3 Å². The smallest absolute Gasteiger partial charge is 0.497 e. The van der Waals surface area contributed by atoms with E-state index < -0.39 is 18.4 Å². The monoisotopic (exact) mass is 649 g/mol. The summed E-state index contributed by atoms with van der Waals surface area (Å²) in [4.78, 5) is 23.8. The van der Waals surface area contributed by atoms with E-state index in [0.717, 1.165) is 23.4 Å². The predicted octanol–water partition coefficient (Wildman–Crippen LogP) is 7.24. The lowest BCUT2D eigenvalue weighted by Gasteiger charge is -2.32. The predicted molar refractivity (Wildman–Crippen MR) is 169 cm³/mol. The number of nitrogens with one attached hydrogen (secondary N) is 1. The highest BCUT2D eigenvalue weighted by atomic mass is 32.2. The Bertz CT molecular complexity index is 1750. The summed E-state index contributed by atoms with van der Waals surface area (Å²) in [6.45, 7) is 4.90. The first-order valence-corrected chi connectivity index (χ1v) is 15.3. The molecule has 10 nitrogen and oxygen atoms in total. The molecular formula is C32H30F3N7O3S. The van der Waals surface area contributed by atoms with Crippen molar-refractivity contribution in [1.82, 2.24) is 20.1 Å². The Balaban J connectivity index is 1.28. The second-order valence-electron chi connectivity index (χ2n) is 10.5. The van der Waals surface area contributed by atoms with Gasteiger partial charge in [0.1, 0.15) is 23.9 Å². The topological polar surface area (TPSA) is 118 Å². The molecule has 1 aliphatic rings. The number of alkyl halides is 3. The molecule has 1 aliphatic heterocycles. The third-order valence-electron chi connectivity index (χ3n) is 7.06. The molecule has 1 atom stereocenters. The average Bonchev–Trinajstić information content (AvgIpc) is 3.54. The number of rotatable bonds is 8. The number of carbonyl (C=O) groups is 1. The molecule has 14 heteroatoms. The Morgan fingerprint density at radius 1 is 1.09 bits per heavy atom. The minimum absolute atomic E-state index is 0.242. The van der Waals surface area contributed by atoms with E-state index in [4.69, 9.17) is 4.74 Å². The first-order valence-electron chi connectivity index (χ1n) is 14.3. The second-order valence-corrected chi connectivity index (χ2v) is 11.6. The molecule has 0 radical (unpaired) electrons. The van der Waals surface area contributed by atoms with Crippen molar-refractivity contribution in [3.05, 3.63) is 84.2 Å². The molecule has 2 heterocycles. The van der Waals surface area contributed by atoms with Gasteiger partial charge in [0.25, 0.3) is 0 Å². The summed E-state index contributed by atoms with van der Waals surface area (Å²) in [7, 11) is 1.61. The molecule has 0 saturated carbocycles. The van der Waals surface area contributed by atoms with Crippen molar-refractivity contribution in [3.63, 3.8) is 0 Å². The lowest BCUT2D eigenvalue weighted by molar-refractivity contribution is -0.274. The van der Waals surface area contributed by atoms with Crippen LogP contribution in [0.15, 0.2) is 78.0 Å².